The van der Waals surface area contributed by atoms with Crippen molar-refractivity contribution in [1.29, 1.82) is 0 Å². The molecule has 0 saturated carbocycles. The third-order valence-corrected chi connectivity index (χ3v) is 3.63. The monoisotopic (exact) mass is 380 g/mol. The summed E-state index contributed by atoms with van der Waals surface area (Å²) in [5.74, 6) is -0.533. The largest absolute Gasteiger partial charge is 0.486 e. The number of benzene rings is 2. The topological polar surface area (TPSA) is 80.6 Å². The van der Waals surface area contributed by atoms with Gasteiger partial charge in [0.2, 0.25) is 0 Å². The molecule has 0 atom stereocenters. The van der Waals surface area contributed by atoms with E-state index in [1.807, 2.05) is 18.2 Å². The van der Waals surface area contributed by atoms with Crippen LogP contribution in [0.5, 0.6) is 5.75 Å². The van der Waals surface area contributed by atoms with Gasteiger partial charge in [-0.25, -0.2) is 4.39 Å². The molecule has 7 heteroatoms. The van der Waals surface area contributed by atoms with Crippen molar-refractivity contribution in [3.05, 3.63) is 95.7 Å². The first-order chi connectivity index (χ1) is 13.6. The number of furan rings is 1. The van der Waals surface area contributed by atoms with Gasteiger partial charge in [0.05, 0.1) is 0 Å². The number of ether oxygens (including phenoxy) is 1. The van der Waals surface area contributed by atoms with Crippen molar-refractivity contribution >= 4 is 17.9 Å². The second-order valence-electron chi connectivity index (χ2n) is 5.67. The van der Waals surface area contributed by atoms with E-state index in [0.717, 1.165) is 6.08 Å². The predicted molar refractivity (Wildman–Crippen MR) is 101 cm³/mol. The van der Waals surface area contributed by atoms with Crippen molar-refractivity contribution in [3.63, 3.8) is 0 Å². The first-order valence-electron chi connectivity index (χ1n) is 8.41. The molecule has 2 N–H and O–H groups in total. The van der Waals surface area contributed by atoms with E-state index in [1.165, 1.54) is 24.3 Å². The highest BCUT2D eigenvalue weighted by Gasteiger charge is 2.12. The van der Waals surface area contributed by atoms with Crippen molar-refractivity contribution in [3.8, 4) is 5.75 Å². The van der Waals surface area contributed by atoms with Crippen LogP contribution in [-0.2, 0) is 11.4 Å². The van der Waals surface area contributed by atoms with E-state index in [9.17, 15) is 14.0 Å². The molecule has 0 fully saturated rings. The molecular formula is C21H17FN2O4. The first-order valence-corrected chi connectivity index (χ1v) is 8.41. The summed E-state index contributed by atoms with van der Waals surface area (Å²) in [4.78, 5) is 23.8. The second-order valence-corrected chi connectivity index (χ2v) is 5.67. The summed E-state index contributed by atoms with van der Waals surface area (Å²) in [7, 11) is 0. The molecule has 0 radical (unpaired) electrons. The molecular weight excluding hydrogens is 363 g/mol. The van der Waals surface area contributed by atoms with Gasteiger partial charge < -0.3 is 9.15 Å². The van der Waals surface area contributed by atoms with Crippen LogP contribution in [0.4, 0.5) is 4.39 Å². The maximum Gasteiger partial charge on any atom is 0.305 e. The van der Waals surface area contributed by atoms with E-state index in [-0.39, 0.29) is 17.9 Å². The summed E-state index contributed by atoms with van der Waals surface area (Å²) in [6, 6.07) is 18.3. The Bertz CT molecular complexity index is 983. The van der Waals surface area contributed by atoms with Crippen molar-refractivity contribution < 1.29 is 23.1 Å². The van der Waals surface area contributed by atoms with E-state index in [2.05, 4.69) is 10.9 Å². The molecule has 0 bridgehead atoms. The molecule has 0 aliphatic carbocycles. The number of nitrogens with one attached hydrogen (secondary N) is 2. The van der Waals surface area contributed by atoms with E-state index in [0.29, 0.717) is 11.5 Å². The Kier molecular flexibility index (Phi) is 6.20. The molecule has 0 spiro atoms. The van der Waals surface area contributed by atoms with E-state index in [4.69, 9.17) is 9.15 Å². The summed E-state index contributed by atoms with van der Waals surface area (Å²) < 4.78 is 24.4. The van der Waals surface area contributed by atoms with Crippen LogP contribution in [0.1, 0.15) is 21.9 Å². The van der Waals surface area contributed by atoms with Crippen molar-refractivity contribution in [2.24, 2.45) is 0 Å². The molecule has 1 heterocycles. The predicted octanol–water partition coefficient (Wildman–Crippen LogP) is 3.47. The van der Waals surface area contributed by atoms with Crippen molar-refractivity contribution in [1.82, 2.24) is 10.9 Å². The van der Waals surface area contributed by atoms with Crippen LogP contribution in [0.25, 0.3) is 6.08 Å². The van der Waals surface area contributed by atoms with Gasteiger partial charge in [-0.05, 0) is 36.4 Å². The molecule has 3 rings (SSSR count). The molecule has 3 aromatic rings. The lowest BCUT2D eigenvalue weighted by Crippen LogP contribution is -2.40. The number of amides is 2. The quantitative estimate of drug-likeness (QED) is 0.507. The summed E-state index contributed by atoms with van der Waals surface area (Å²) in [5, 5.41) is 0. The van der Waals surface area contributed by atoms with Crippen LogP contribution in [-0.4, -0.2) is 11.8 Å². The maximum absolute atomic E-state index is 13.5. The van der Waals surface area contributed by atoms with Gasteiger partial charge in [-0.3, -0.25) is 20.4 Å². The number of para-hydroxylation sites is 1. The Balaban J connectivity index is 1.48. The minimum Gasteiger partial charge on any atom is -0.486 e. The minimum absolute atomic E-state index is 0.0186. The smallest absolute Gasteiger partial charge is 0.305 e. The molecule has 0 aliphatic rings. The second kappa shape index (κ2) is 9.18. The molecule has 2 aromatic carbocycles. The van der Waals surface area contributed by atoms with Crippen LogP contribution < -0.4 is 15.6 Å². The highest BCUT2D eigenvalue weighted by molar-refractivity contribution is 5.96. The number of hydrazine groups is 1. The van der Waals surface area contributed by atoms with Gasteiger partial charge >= 0.3 is 5.91 Å². The lowest BCUT2D eigenvalue weighted by molar-refractivity contribution is -0.117. The van der Waals surface area contributed by atoms with Crippen LogP contribution in [0.15, 0.2) is 77.2 Å². The molecule has 142 valence electrons. The van der Waals surface area contributed by atoms with Crippen LogP contribution >= 0.6 is 0 Å². The van der Waals surface area contributed by atoms with Gasteiger partial charge in [0.1, 0.15) is 23.9 Å². The summed E-state index contributed by atoms with van der Waals surface area (Å²) >= 11 is 0. The van der Waals surface area contributed by atoms with Crippen LogP contribution in [0, 0.1) is 5.82 Å². The number of rotatable bonds is 6. The van der Waals surface area contributed by atoms with Gasteiger partial charge in [0, 0.05) is 11.6 Å². The Morgan fingerprint density at radius 1 is 0.964 bits per heavy atom. The lowest BCUT2D eigenvalue weighted by Gasteiger charge is -2.04. The van der Waals surface area contributed by atoms with Crippen LogP contribution in [0.2, 0.25) is 0 Å². The lowest BCUT2D eigenvalue weighted by atomic mass is 10.2. The van der Waals surface area contributed by atoms with Crippen LogP contribution in [0.3, 0.4) is 0 Å². The molecule has 2 amide bonds. The van der Waals surface area contributed by atoms with Gasteiger partial charge in [-0.2, -0.15) is 0 Å². The molecule has 6 nitrogen and oxygen atoms in total. The maximum atomic E-state index is 13.5. The summed E-state index contributed by atoms with van der Waals surface area (Å²) in [6.07, 6.45) is 2.42. The fraction of sp³-hybridized carbons (Fsp3) is 0.0476. The summed E-state index contributed by atoms with van der Waals surface area (Å²) in [6.45, 7) is 0.162. The average molecular weight is 380 g/mol. The number of halogens is 1. The Labute approximate surface area is 160 Å². The number of carbonyl (C=O) groups excluding carboxylic acids is 2. The van der Waals surface area contributed by atoms with E-state index in [1.54, 1.807) is 30.3 Å². The number of carbonyl (C=O) groups is 2. The Hall–Kier alpha value is -3.87. The third kappa shape index (κ3) is 5.31. The fourth-order valence-corrected chi connectivity index (χ4v) is 2.25. The van der Waals surface area contributed by atoms with Crippen molar-refractivity contribution in [2.75, 3.05) is 0 Å². The SMILES string of the molecule is O=C(/C=C/c1ccccc1F)NNC(=O)c1ccc(COc2ccccc2)o1. The third-order valence-electron chi connectivity index (χ3n) is 3.63. The molecule has 1 aromatic heterocycles. The van der Waals surface area contributed by atoms with Gasteiger partial charge in [-0.15, -0.1) is 0 Å². The zero-order chi connectivity index (χ0) is 19.8. The Morgan fingerprint density at radius 2 is 1.71 bits per heavy atom. The van der Waals surface area contributed by atoms with E-state index >= 15 is 0 Å². The number of hydrogen-bond donors (Lipinski definition) is 2. The van der Waals surface area contributed by atoms with Gasteiger partial charge in [0.15, 0.2) is 5.76 Å². The minimum atomic E-state index is -0.626. The normalized spacial score (nSPS) is 10.6. The standard InChI is InChI=1S/C21H17FN2O4/c22-18-9-5-4-6-15(18)10-13-20(25)23-24-21(26)19-12-11-17(28-19)14-27-16-7-2-1-3-8-16/h1-13H,14H2,(H,23,25)(H,24,26)/b13-10+. The number of hydrogen-bond acceptors (Lipinski definition) is 4. The molecule has 28 heavy (non-hydrogen) atoms. The van der Waals surface area contributed by atoms with E-state index < -0.39 is 17.6 Å². The first kappa shape index (κ1) is 18.9. The zero-order valence-electron chi connectivity index (χ0n) is 14.7. The Morgan fingerprint density at radius 3 is 2.50 bits per heavy atom. The zero-order valence-corrected chi connectivity index (χ0v) is 14.7. The fourth-order valence-electron chi connectivity index (χ4n) is 2.25. The average Bonchev–Trinajstić information content (AvgIpc) is 3.20. The molecule has 0 unspecified atom stereocenters. The molecule has 0 aliphatic heterocycles. The van der Waals surface area contributed by atoms with Gasteiger partial charge in [0.25, 0.3) is 5.91 Å². The highest BCUT2D eigenvalue weighted by atomic mass is 19.1. The summed E-state index contributed by atoms with van der Waals surface area (Å²) in [5.41, 5.74) is 4.68. The highest BCUT2D eigenvalue weighted by Crippen LogP contribution is 2.14. The molecule has 0 saturated heterocycles. The van der Waals surface area contributed by atoms with Gasteiger partial charge in [-0.1, -0.05) is 36.4 Å². The van der Waals surface area contributed by atoms with Crippen molar-refractivity contribution in [2.45, 2.75) is 6.61 Å².